The molecule has 0 radical (unpaired) electrons. The van der Waals surface area contributed by atoms with Gasteiger partial charge in [-0.25, -0.2) is 8.42 Å². The third kappa shape index (κ3) is 4.36. The van der Waals surface area contributed by atoms with Crippen molar-refractivity contribution in [3.05, 3.63) is 82.2 Å². The standard InChI is InChI=1S/C21H16F3NO3S2/c22-21(23,24)28-18-3-1-2-4-20(18)30(26,27)17-7-5-15(6-8-17)13-25-11-9-16-10-12-29-19(16)14-25/h1-12H,13-14H2. The summed E-state index contributed by atoms with van der Waals surface area (Å²) in [5, 5.41) is 2.04. The smallest absolute Gasteiger partial charge is 0.404 e. The van der Waals surface area contributed by atoms with E-state index in [0.717, 1.165) is 24.2 Å². The maximum Gasteiger partial charge on any atom is 0.573 e. The van der Waals surface area contributed by atoms with Crippen LogP contribution in [0.4, 0.5) is 13.2 Å². The number of nitrogens with zero attached hydrogens (tertiary/aromatic N) is 1. The number of rotatable bonds is 5. The van der Waals surface area contributed by atoms with Gasteiger partial charge in [0, 0.05) is 17.6 Å². The van der Waals surface area contributed by atoms with Crippen LogP contribution in [-0.4, -0.2) is 19.7 Å². The van der Waals surface area contributed by atoms with Crippen molar-refractivity contribution in [1.82, 2.24) is 4.90 Å². The second-order valence-corrected chi connectivity index (χ2v) is 9.58. The van der Waals surface area contributed by atoms with Crippen LogP contribution in [0, 0.1) is 0 Å². The average Bonchev–Trinajstić information content (AvgIpc) is 3.15. The van der Waals surface area contributed by atoms with Gasteiger partial charge in [0.05, 0.1) is 11.4 Å². The molecular weight excluding hydrogens is 435 g/mol. The maximum absolute atomic E-state index is 12.9. The summed E-state index contributed by atoms with van der Waals surface area (Å²) in [6, 6.07) is 12.9. The van der Waals surface area contributed by atoms with E-state index in [1.165, 1.54) is 34.7 Å². The molecule has 9 heteroatoms. The van der Waals surface area contributed by atoms with Gasteiger partial charge >= 0.3 is 6.36 Å². The van der Waals surface area contributed by atoms with Crippen LogP contribution < -0.4 is 4.74 Å². The SMILES string of the molecule is O=S(=O)(c1ccc(CN2C=Cc3ccsc3C2)cc1)c1ccccc1OC(F)(F)F. The van der Waals surface area contributed by atoms with E-state index in [4.69, 9.17) is 0 Å². The maximum atomic E-state index is 12.9. The van der Waals surface area contributed by atoms with Crippen LogP contribution in [0.25, 0.3) is 6.08 Å². The monoisotopic (exact) mass is 451 g/mol. The molecule has 1 aliphatic rings. The van der Waals surface area contributed by atoms with Crippen LogP contribution in [0.15, 0.2) is 76.0 Å². The summed E-state index contributed by atoms with van der Waals surface area (Å²) in [4.78, 5) is 2.74. The molecule has 0 saturated carbocycles. The highest BCUT2D eigenvalue weighted by atomic mass is 32.2. The number of hydrogen-bond donors (Lipinski definition) is 0. The first-order chi connectivity index (χ1) is 14.2. The Morgan fingerprint density at radius 1 is 1.03 bits per heavy atom. The quantitative estimate of drug-likeness (QED) is 0.516. The fourth-order valence-corrected chi connectivity index (χ4v) is 5.45. The minimum atomic E-state index is -4.99. The Balaban J connectivity index is 1.54. The lowest BCUT2D eigenvalue weighted by Gasteiger charge is -2.23. The zero-order valence-corrected chi connectivity index (χ0v) is 17.1. The van der Waals surface area contributed by atoms with E-state index in [1.54, 1.807) is 23.5 Å². The molecule has 1 aliphatic heterocycles. The summed E-state index contributed by atoms with van der Waals surface area (Å²) >= 11 is 1.68. The molecule has 0 fully saturated rings. The summed E-state index contributed by atoms with van der Waals surface area (Å²) in [6.07, 6.45) is -0.962. The minimum Gasteiger partial charge on any atom is -0.404 e. The molecule has 156 valence electrons. The van der Waals surface area contributed by atoms with Crippen LogP contribution in [0.2, 0.25) is 0 Å². The Kier molecular flexibility index (Phi) is 5.33. The highest BCUT2D eigenvalue weighted by Crippen LogP contribution is 2.33. The van der Waals surface area contributed by atoms with Crippen molar-refractivity contribution in [3.8, 4) is 5.75 Å². The molecule has 0 amide bonds. The summed E-state index contributed by atoms with van der Waals surface area (Å²) < 4.78 is 67.6. The van der Waals surface area contributed by atoms with Gasteiger partial charge in [0.15, 0.2) is 0 Å². The Morgan fingerprint density at radius 3 is 2.50 bits per heavy atom. The third-order valence-electron chi connectivity index (χ3n) is 4.58. The molecule has 0 unspecified atom stereocenters. The molecular formula is C21H16F3NO3S2. The lowest BCUT2D eigenvalue weighted by Crippen LogP contribution is -2.19. The number of sulfone groups is 1. The molecule has 0 spiro atoms. The minimum absolute atomic E-state index is 0.0980. The van der Waals surface area contributed by atoms with Gasteiger partial charge in [0.25, 0.3) is 0 Å². The van der Waals surface area contributed by atoms with Crippen molar-refractivity contribution in [2.75, 3.05) is 0 Å². The predicted molar refractivity (Wildman–Crippen MR) is 108 cm³/mol. The van der Waals surface area contributed by atoms with Gasteiger partial charge in [0.1, 0.15) is 10.6 Å². The predicted octanol–water partition coefficient (Wildman–Crippen LogP) is 5.47. The highest BCUT2D eigenvalue weighted by Gasteiger charge is 2.34. The zero-order valence-electron chi connectivity index (χ0n) is 15.5. The van der Waals surface area contributed by atoms with E-state index in [0.29, 0.717) is 6.54 Å². The second-order valence-electron chi connectivity index (χ2n) is 6.66. The Morgan fingerprint density at radius 2 is 1.77 bits per heavy atom. The summed E-state index contributed by atoms with van der Waals surface area (Å²) in [5.74, 6) is -0.751. The molecule has 0 N–H and O–H groups in total. The fourth-order valence-electron chi connectivity index (χ4n) is 3.18. The van der Waals surface area contributed by atoms with Crippen LogP contribution in [0.3, 0.4) is 0 Å². The zero-order chi connectivity index (χ0) is 21.4. The molecule has 0 saturated heterocycles. The number of ether oxygens (including phenoxy) is 1. The molecule has 30 heavy (non-hydrogen) atoms. The third-order valence-corrected chi connectivity index (χ3v) is 7.31. The summed E-state index contributed by atoms with van der Waals surface area (Å²) in [7, 11) is -4.18. The van der Waals surface area contributed by atoms with Crippen molar-refractivity contribution in [2.45, 2.75) is 29.2 Å². The average molecular weight is 451 g/mol. The Bertz CT molecular complexity index is 1180. The second kappa shape index (κ2) is 7.81. The molecule has 2 aromatic carbocycles. The van der Waals surface area contributed by atoms with Crippen LogP contribution in [0.1, 0.15) is 16.0 Å². The first-order valence-corrected chi connectivity index (χ1v) is 11.3. The molecule has 1 aromatic heterocycles. The number of para-hydroxylation sites is 1. The first-order valence-electron chi connectivity index (χ1n) is 8.90. The summed E-state index contributed by atoms with van der Waals surface area (Å²) in [5.41, 5.74) is 2.09. The number of thiophene rings is 1. The van der Waals surface area contributed by atoms with Gasteiger partial charge < -0.3 is 9.64 Å². The molecule has 2 heterocycles. The fraction of sp³-hybridized carbons (Fsp3) is 0.143. The van der Waals surface area contributed by atoms with Crippen molar-refractivity contribution in [1.29, 1.82) is 0 Å². The molecule has 3 aromatic rings. The van der Waals surface area contributed by atoms with Gasteiger partial charge in [-0.15, -0.1) is 24.5 Å². The van der Waals surface area contributed by atoms with Crippen LogP contribution >= 0.6 is 11.3 Å². The number of fused-ring (bicyclic) bond motifs is 1. The van der Waals surface area contributed by atoms with Crippen LogP contribution in [0.5, 0.6) is 5.75 Å². The first kappa shape index (κ1) is 20.5. The van der Waals surface area contributed by atoms with Gasteiger partial charge in [-0.2, -0.15) is 0 Å². The lowest BCUT2D eigenvalue weighted by molar-refractivity contribution is -0.275. The molecule has 4 rings (SSSR count). The molecule has 0 aliphatic carbocycles. The van der Waals surface area contributed by atoms with Crippen molar-refractivity contribution >= 4 is 27.3 Å². The number of hydrogen-bond acceptors (Lipinski definition) is 5. The van der Waals surface area contributed by atoms with E-state index < -0.39 is 26.8 Å². The van der Waals surface area contributed by atoms with Gasteiger partial charge in [0.2, 0.25) is 9.84 Å². The molecule has 0 atom stereocenters. The number of halogens is 3. The highest BCUT2D eigenvalue weighted by molar-refractivity contribution is 7.91. The molecule has 0 bridgehead atoms. The van der Waals surface area contributed by atoms with Crippen molar-refractivity contribution in [2.24, 2.45) is 0 Å². The molecule has 4 nitrogen and oxygen atoms in total. The lowest BCUT2D eigenvalue weighted by atomic mass is 10.1. The van der Waals surface area contributed by atoms with Crippen LogP contribution in [-0.2, 0) is 22.9 Å². The van der Waals surface area contributed by atoms with E-state index in [9.17, 15) is 21.6 Å². The normalized spacial score (nSPS) is 13.9. The van der Waals surface area contributed by atoms with E-state index >= 15 is 0 Å². The van der Waals surface area contributed by atoms with E-state index in [-0.39, 0.29) is 4.90 Å². The number of benzene rings is 2. The van der Waals surface area contributed by atoms with Crippen molar-refractivity contribution < 1.29 is 26.3 Å². The van der Waals surface area contributed by atoms with E-state index in [2.05, 4.69) is 15.7 Å². The largest absolute Gasteiger partial charge is 0.573 e. The topological polar surface area (TPSA) is 46.6 Å². The van der Waals surface area contributed by atoms with E-state index in [1.807, 2.05) is 17.7 Å². The Labute approximate surface area is 175 Å². The van der Waals surface area contributed by atoms with Crippen molar-refractivity contribution in [3.63, 3.8) is 0 Å². The Hall–Kier alpha value is -2.78. The van der Waals surface area contributed by atoms with Gasteiger partial charge in [-0.05, 0) is 52.9 Å². The summed E-state index contributed by atoms with van der Waals surface area (Å²) in [6.45, 7) is 1.35. The van der Waals surface area contributed by atoms with Gasteiger partial charge in [-0.3, -0.25) is 0 Å². The number of alkyl halides is 3. The van der Waals surface area contributed by atoms with Gasteiger partial charge in [-0.1, -0.05) is 24.3 Å².